The Hall–Kier alpha value is -3.19. The normalized spacial score (nSPS) is 14.3. The molecule has 0 aliphatic heterocycles. The summed E-state index contributed by atoms with van der Waals surface area (Å²) in [7, 11) is 0. The fourth-order valence-corrected chi connectivity index (χ4v) is 3.13. The van der Waals surface area contributed by atoms with E-state index in [2.05, 4.69) is 5.32 Å². The minimum atomic E-state index is -1.28. The van der Waals surface area contributed by atoms with Crippen LogP contribution in [0.3, 0.4) is 0 Å². The molecule has 7 nitrogen and oxygen atoms in total. The van der Waals surface area contributed by atoms with Crippen LogP contribution in [0.25, 0.3) is 0 Å². The lowest BCUT2D eigenvalue weighted by Gasteiger charge is -2.22. The number of nitrogens with one attached hydrogen (secondary N) is 3. The van der Waals surface area contributed by atoms with Crippen molar-refractivity contribution in [3.8, 4) is 0 Å². The van der Waals surface area contributed by atoms with Gasteiger partial charge in [0.25, 0.3) is 0 Å². The van der Waals surface area contributed by atoms with Gasteiger partial charge in [0.2, 0.25) is 5.91 Å². The van der Waals surface area contributed by atoms with Crippen LogP contribution in [0, 0.1) is 5.41 Å². The summed E-state index contributed by atoms with van der Waals surface area (Å²) < 4.78 is 0. The van der Waals surface area contributed by atoms with Crippen LogP contribution in [0.15, 0.2) is 48.5 Å². The second kappa shape index (κ2) is 6.97. The summed E-state index contributed by atoms with van der Waals surface area (Å²) in [6.45, 7) is 0.314. The van der Waals surface area contributed by atoms with Crippen molar-refractivity contribution in [1.82, 2.24) is 10.6 Å². The first kappa shape index (κ1) is 17.6. The zero-order valence-corrected chi connectivity index (χ0v) is 14.1. The van der Waals surface area contributed by atoms with Gasteiger partial charge in [-0.05, 0) is 29.5 Å². The molecule has 0 fully saturated rings. The second-order valence-corrected chi connectivity index (χ2v) is 6.46. The maximum atomic E-state index is 12.6. The minimum absolute atomic E-state index is 0.196. The van der Waals surface area contributed by atoms with Crippen LogP contribution in [0.4, 0.5) is 4.79 Å². The summed E-state index contributed by atoms with van der Waals surface area (Å²) in [5.41, 5.74) is 8.90. The van der Waals surface area contributed by atoms with Gasteiger partial charge in [-0.3, -0.25) is 15.5 Å². The minimum Gasteiger partial charge on any atom is -0.465 e. The van der Waals surface area contributed by atoms with Crippen molar-refractivity contribution in [2.45, 2.75) is 24.9 Å². The molecule has 0 saturated carbocycles. The van der Waals surface area contributed by atoms with E-state index in [9.17, 15) is 9.59 Å². The van der Waals surface area contributed by atoms with Gasteiger partial charge < -0.3 is 16.2 Å². The number of benzene rings is 2. The molecule has 0 radical (unpaired) electrons. The smallest absolute Gasteiger partial charge is 0.410 e. The van der Waals surface area contributed by atoms with Gasteiger partial charge in [0.1, 0.15) is 11.4 Å². The highest BCUT2D eigenvalue weighted by Gasteiger charge is 2.39. The predicted molar refractivity (Wildman–Crippen MR) is 97.0 cm³/mol. The number of rotatable bonds is 4. The molecule has 1 aliphatic carbocycles. The summed E-state index contributed by atoms with van der Waals surface area (Å²) in [6, 6.07) is 14.6. The van der Waals surface area contributed by atoms with Crippen molar-refractivity contribution in [2.24, 2.45) is 5.73 Å². The summed E-state index contributed by atoms with van der Waals surface area (Å²) in [5, 5.41) is 21.1. The zero-order valence-electron chi connectivity index (χ0n) is 14.1. The van der Waals surface area contributed by atoms with Crippen LogP contribution in [0.2, 0.25) is 0 Å². The Balaban J connectivity index is 1.58. The molecular formula is C19H20N4O3. The van der Waals surface area contributed by atoms with E-state index in [0.29, 0.717) is 24.9 Å². The molecule has 0 bridgehead atoms. The molecule has 1 aliphatic rings. The third kappa shape index (κ3) is 3.73. The molecule has 2 amide bonds. The van der Waals surface area contributed by atoms with Gasteiger partial charge in [0.15, 0.2) is 0 Å². The van der Waals surface area contributed by atoms with Crippen molar-refractivity contribution in [1.29, 1.82) is 5.41 Å². The maximum Gasteiger partial charge on any atom is 0.410 e. The van der Waals surface area contributed by atoms with E-state index >= 15 is 0 Å². The fraction of sp³-hybridized carbons (Fsp3) is 0.211. The lowest BCUT2D eigenvalue weighted by molar-refractivity contribution is -0.126. The number of nitrogens with two attached hydrogens (primary N) is 1. The molecule has 134 valence electrons. The highest BCUT2D eigenvalue weighted by molar-refractivity contribution is 6.04. The number of fused-ring (bicyclic) bond motifs is 1. The molecule has 7 heteroatoms. The molecule has 0 aromatic heterocycles. The Morgan fingerprint density at radius 1 is 1.08 bits per heavy atom. The van der Waals surface area contributed by atoms with Crippen molar-refractivity contribution in [3.05, 3.63) is 70.8 Å². The highest BCUT2D eigenvalue weighted by Crippen LogP contribution is 2.28. The molecule has 6 N–H and O–H groups in total. The number of carboxylic acid groups (broad SMARTS) is 1. The number of amides is 2. The Labute approximate surface area is 150 Å². The summed E-state index contributed by atoms with van der Waals surface area (Å²) in [4.78, 5) is 23.1. The highest BCUT2D eigenvalue weighted by atomic mass is 16.4. The van der Waals surface area contributed by atoms with Gasteiger partial charge in [-0.1, -0.05) is 48.5 Å². The van der Waals surface area contributed by atoms with Gasteiger partial charge >= 0.3 is 6.09 Å². The molecule has 0 heterocycles. The van der Waals surface area contributed by atoms with E-state index in [4.69, 9.17) is 16.2 Å². The van der Waals surface area contributed by atoms with Crippen LogP contribution >= 0.6 is 0 Å². The largest absolute Gasteiger partial charge is 0.465 e. The standard InChI is InChI=1S/C19H20N4O3/c20-16(23-18(25)26)13-7-5-12(6-8-13)11-22-17(24)19(21)9-14-3-1-2-4-15(14)10-19/h1-8H,9-11,21H2,(H2,20,23)(H,22,24)(H,25,26). The quantitative estimate of drug-likeness (QED) is 0.421. The monoisotopic (exact) mass is 352 g/mol. The number of carbonyl (C=O) groups excluding carboxylic acids is 1. The molecule has 3 rings (SSSR count). The van der Waals surface area contributed by atoms with Crippen molar-refractivity contribution < 1.29 is 14.7 Å². The first-order chi connectivity index (χ1) is 12.4. The molecule has 0 saturated heterocycles. The van der Waals surface area contributed by atoms with Gasteiger partial charge in [0.05, 0.1) is 0 Å². The molecule has 2 aromatic carbocycles. The fourth-order valence-electron chi connectivity index (χ4n) is 3.13. The van der Waals surface area contributed by atoms with Gasteiger partial charge in [-0.25, -0.2) is 4.79 Å². The van der Waals surface area contributed by atoms with Gasteiger partial charge in [-0.2, -0.15) is 0 Å². The topological polar surface area (TPSA) is 128 Å². The molecule has 26 heavy (non-hydrogen) atoms. The summed E-state index contributed by atoms with van der Waals surface area (Å²) >= 11 is 0. The van der Waals surface area contributed by atoms with E-state index < -0.39 is 11.6 Å². The third-order valence-electron chi connectivity index (χ3n) is 4.51. The number of hydrogen-bond donors (Lipinski definition) is 5. The van der Waals surface area contributed by atoms with Crippen LogP contribution in [0.5, 0.6) is 0 Å². The van der Waals surface area contributed by atoms with Crippen molar-refractivity contribution >= 4 is 17.8 Å². The van der Waals surface area contributed by atoms with Crippen LogP contribution in [-0.2, 0) is 24.2 Å². The lowest BCUT2D eigenvalue weighted by Crippen LogP contribution is -2.54. The third-order valence-corrected chi connectivity index (χ3v) is 4.51. The first-order valence-corrected chi connectivity index (χ1v) is 8.19. The second-order valence-electron chi connectivity index (χ2n) is 6.46. The lowest BCUT2D eigenvalue weighted by atomic mass is 9.96. The number of hydrogen-bond acceptors (Lipinski definition) is 4. The Morgan fingerprint density at radius 3 is 2.19 bits per heavy atom. The van der Waals surface area contributed by atoms with Gasteiger partial charge in [-0.15, -0.1) is 0 Å². The zero-order chi connectivity index (χ0) is 18.7. The molecule has 0 spiro atoms. The Bertz CT molecular complexity index is 836. The van der Waals surface area contributed by atoms with Crippen LogP contribution in [0.1, 0.15) is 22.3 Å². The Kier molecular flexibility index (Phi) is 4.73. The van der Waals surface area contributed by atoms with Crippen LogP contribution in [-0.4, -0.2) is 28.5 Å². The van der Waals surface area contributed by atoms with E-state index in [1.54, 1.807) is 24.3 Å². The maximum absolute atomic E-state index is 12.6. The van der Waals surface area contributed by atoms with Crippen molar-refractivity contribution in [3.63, 3.8) is 0 Å². The first-order valence-electron chi connectivity index (χ1n) is 8.19. The van der Waals surface area contributed by atoms with Crippen molar-refractivity contribution in [2.75, 3.05) is 0 Å². The molecule has 0 unspecified atom stereocenters. The average molecular weight is 352 g/mol. The van der Waals surface area contributed by atoms with E-state index in [0.717, 1.165) is 16.7 Å². The Morgan fingerprint density at radius 2 is 1.65 bits per heavy atom. The summed E-state index contributed by atoms with van der Waals surface area (Å²) in [5.74, 6) is -0.393. The van der Waals surface area contributed by atoms with Gasteiger partial charge in [0, 0.05) is 12.1 Å². The molecular weight excluding hydrogens is 332 g/mol. The predicted octanol–water partition coefficient (Wildman–Crippen LogP) is 1.39. The SMILES string of the molecule is N=C(NC(=O)O)c1ccc(CNC(=O)C2(N)Cc3ccccc3C2)cc1. The summed E-state index contributed by atoms with van der Waals surface area (Å²) in [6.07, 6.45) is -0.241. The average Bonchev–Trinajstić information content (AvgIpc) is 2.97. The number of carbonyl (C=O) groups is 2. The number of amidine groups is 1. The van der Waals surface area contributed by atoms with Crippen LogP contribution < -0.4 is 16.4 Å². The molecule has 2 aromatic rings. The van der Waals surface area contributed by atoms with E-state index in [1.807, 2.05) is 29.6 Å². The van der Waals surface area contributed by atoms with E-state index in [1.165, 1.54) is 0 Å². The molecule has 0 atom stereocenters. The van der Waals surface area contributed by atoms with E-state index in [-0.39, 0.29) is 11.7 Å².